The molecule has 0 aromatic heterocycles. The minimum atomic E-state index is -3.74. The zero-order chi connectivity index (χ0) is 21.9. The number of ether oxygens (including phenoxy) is 1. The van der Waals surface area contributed by atoms with E-state index < -0.39 is 10.0 Å². The molecule has 1 saturated heterocycles. The van der Waals surface area contributed by atoms with E-state index in [1.165, 1.54) is 33.3 Å². The quantitative estimate of drug-likeness (QED) is 0.726. The van der Waals surface area contributed by atoms with Gasteiger partial charge in [0.05, 0.1) is 7.11 Å². The highest BCUT2D eigenvalue weighted by molar-refractivity contribution is 7.89. The maximum absolute atomic E-state index is 12.6. The van der Waals surface area contributed by atoms with Crippen LogP contribution in [0.4, 0.5) is 5.69 Å². The molecular formula is C21H25N3O5S. The molecule has 0 unspecified atom stereocenters. The Labute approximate surface area is 176 Å². The molecule has 2 aromatic carbocycles. The van der Waals surface area contributed by atoms with Gasteiger partial charge in [-0.15, -0.1) is 0 Å². The van der Waals surface area contributed by atoms with Gasteiger partial charge in [0.1, 0.15) is 10.6 Å². The molecule has 1 aliphatic heterocycles. The number of nitrogens with one attached hydrogen (secondary N) is 1. The van der Waals surface area contributed by atoms with Crippen molar-refractivity contribution in [1.29, 1.82) is 0 Å². The van der Waals surface area contributed by atoms with Crippen molar-refractivity contribution in [2.75, 3.05) is 33.1 Å². The Balaban J connectivity index is 1.75. The first-order valence-corrected chi connectivity index (χ1v) is 10.9. The molecule has 1 heterocycles. The first kappa shape index (κ1) is 21.8. The summed E-state index contributed by atoms with van der Waals surface area (Å²) in [6, 6.07) is 11.5. The highest BCUT2D eigenvalue weighted by Gasteiger charge is 2.23. The largest absolute Gasteiger partial charge is 0.495 e. The SMILES string of the molecule is COc1ccc(NC(=O)c2ccc(CN3CCCC3=O)cc2)cc1S(=O)(=O)N(C)C. The second kappa shape index (κ2) is 8.85. The van der Waals surface area contributed by atoms with Crippen LogP contribution >= 0.6 is 0 Å². The van der Waals surface area contributed by atoms with Crippen LogP contribution in [-0.4, -0.2) is 57.2 Å². The number of methoxy groups -OCH3 is 1. The van der Waals surface area contributed by atoms with E-state index in [9.17, 15) is 18.0 Å². The van der Waals surface area contributed by atoms with Gasteiger partial charge in [-0.3, -0.25) is 9.59 Å². The Bertz CT molecular complexity index is 1050. The first-order chi connectivity index (χ1) is 14.2. The molecule has 30 heavy (non-hydrogen) atoms. The number of likely N-dealkylation sites (tertiary alicyclic amines) is 1. The second-order valence-electron chi connectivity index (χ2n) is 7.22. The summed E-state index contributed by atoms with van der Waals surface area (Å²) in [5, 5.41) is 2.72. The van der Waals surface area contributed by atoms with Crippen molar-refractivity contribution < 1.29 is 22.7 Å². The predicted molar refractivity (Wildman–Crippen MR) is 113 cm³/mol. The lowest BCUT2D eigenvalue weighted by atomic mass is 10.1. The summed E-state index contributed by atoms with van der Waals surface area (Å²) in [4.78, 5) is 26.1. The second-order valence-corrected chi connectivity index (χ2v) is 9.34. The molecule has 0 aliphatic carbocycles. The van der Waals surface area contributed by atoms with E-state index in [4.69, 9.17) is 4.74 Å². The van der Waals surface area contributed by atoms with Crippen LogP contribution in [-0.2, 0) is 21.4 Å². The summed E-state index contributed by atoms with van der Waals surface area (Å²) in [6.07, 6.45) is 1.47. The van der Waals surface area contributed by atoms with Gasteiger partial charge in [-0.05, 0) is 42.3 Å². The predicted octanol–water partition coefficient (Wildman–Crippen LogP) is 2.32. The average Bonchev–Trinajstić information content (AvgIpc) is 3.12. The average molecular weight is 432 g/mol. The molecule has 3 rings (SSSR count). The molecule has 160 valence electrons. The van der Waals surface area contributed by atoms with Gasteiger partial charge in [0.2, 0.25) is 15.9 Å². The summed E-state index contributed by atoms with van der Waals surface area (Å²) in [7, 11) is 0.505. The minimum absolute atomic E-state index is 0.0292. The number of anilines is 1. The molecule has 0 saturated carbocycles. The van der Waals surface area contributed by atoms with Gasteiger partial charge in [-0.25, -0.2) is 12.7 Å². The Morgan fingerprint density at radius 3 is 2.43 bits per heavy atom. The summed E-state index contributed by atoms with van der Waals surface area (Å²) >= 11 is 0. The van der Waals surface area contributed by atoms with E-state index in [2.05, 4.69) is 5.32 Å². The number of benzene rings is 2. The van der Waals surface area contributed by atoms with Crippen LogP contribution in [0.1, 0.15) is 28.8 Å². The normalized spacial score (nSPS) is 14.3. The summed E-state index contributed by atoms with van der Waals surface area (Å²) in [5.41, 5.74) is 1.72. The number of nitrogens with zero attached hydrogens (tertiary/aromatic N) is 2. The fraction of sp³-hybridized carbons (Fsp3) is 0.333. The molecule has 0 atom stereocenters. The fourth-order valence-electron chi connectivity index (χ4n) is 3.21. The number of hydrogen-bond acceptors (Lipinski definition) is 5. The van der Waals surface area contributed by atoms with E-state index in [1.54, 1.807) is 23.1 Å². The van der Waals surface area contributed by atoms with Crippen molar-refractivity contribution in [2.24, 2.45) is 0 Å². The Morgan fingerprint density at radius 1 is 1.17 bits per heavy atom. The van der Waals surface area contributed by atoms with Gasteiger partial charge < -0.3 is 15.0 Å². The van der Waals surface area contributed by atoms with E-state index >= 15 is 0 Å². The van der Waals surface area contributed by atoms with Crippen molar-refractivity contribution >= 4 is 27.5 Å². The van der Waals surface area contributed by atoms with Crippen LogP contribution in [0.15, 0.2) is 47.4 Å². The number of sulfonamides is 1. The van der Waals surface area contributed by atoms with Crippen molar-refractivity contribution in [3.63, 3.8) is 0 Å². The van der Waals surface area contributed by atoms with Gasteiger partial charge in [-0.1, -0.05) is 12.1 Å². The highest BCUT2D eigenvalue weighted by atomic mass is 32.2. The Kier molecular flexibility index (Phi) is 6.42. The van der Waals surface area contributed by atoms with Crippen LogP contribution in [0.25, 0.3) is 0 Å². The third kappa shape index (κ3) is 4.63. The molecule has 8 nitrogen and oxygen atoms in total. The van der Waals surface area contributed by atoms with Gasteiger partial charge in [-0.2, -0.15) is 0 Å². The highest BCUT2D eigenvalue weighted by Crippen LogP contribution is 2.29. The maximum atomic E-state index is 12.6. The van der Waals surface area contributed by atoms with E-state index in [0.717, 1.165) is 22.8 Å². The van der Waals surface area contributed by atoms with Crippen LogP contribution in [0.3, 0.4) is 0 Å². The number of hydrogen-bond donors (Lipinski definition) is 1. The fourth-order valence-corrected chi connectivity index (χ4v) is 4.28. The van der Waals surface area contributed by atoms with Gasteiger partial charge in [0, 0.05) is 44.9 Å². The molecule has 0 spiro atoms. The van der Waals surface area contributed by atoms with Gasteiger partial charge >= 0.3 is 0 Å². The standard InChI is InChI=1S/C21H25N3O5S/c1-23(2)30(27,28)19-13-17(10-11-18(19)29-3)22-21(26)16-8-6-15(7-9-16)14-24-12-4-5-20(24)25/h6-11,13H,4-5,12,14H2,1-3H3,(H,22,26). The Morgan fingerprint density at radius 2 is 1.87 bits per heavy atom. The summed E-state index contributed by atoms with van der Waals surface area (Å²) in [5.74, 6) is -0.0144. The monoisotopic (exact) mass is 431 g/mol. The molecule has 1 aliphatic rings. The summed E-state index contributed by atoms with van der Waals surface area (Å²) < 4.78 is 31.3. The van der Waals surface area contributed by atoms with Crippen molar-refractivity contribution in [3.8, 4) is 5.75 Å². The lowest BCUT2D eigenvalue weighted by Gasteiger charge is -2.16. The van der Waals surface area contributed by atoms with Crippen LogP contribution in [0, 0.1) is 0 Å². The molecule has 9 heteroatoms. The number of carbonyl (C=O) groups excluding carboxylic acids is 2. The third-order valence-electron chi connectivity index (χ3n) is 4.94. The molecule has 1 fully saturated rings. The smallest absolute Gasteiger partial charge is 0.255 e. The lowest BCUT2D eigenvalue weighted by Crippen LogP contribution is -2.24. The number of rotatable bonds is 7. The molecule has 0 radical (unpaired) electrons. The minimum Gasteiger partial charge on any atom is -0.495 e. The lowest BCUT2D eigenvalue weighted by molar-refractivity contribution is -0.128. The molecule has 0 bridgehead atoms. The zero-order valence-electron chi connectivity index (χ0n) is 17.2. The van der Waals surface area contributed by atoms with Crippen LogP contribution in [0.2, 0.25) is 0 Å². The van der Waals surface area contributed by atoms with Gasteiger partial charge in [0.25, 0.3) is 5.91 Å². The number of amides is 2. The first-order valence-electron chi connectivity index (χ1n) is 9.51. The van der Waals surface area contributed by atoms with Crippen LogP contribution in [0.5, 0.6) is 5.75 Å². The third-order valence-corrected chi connectivity index (χ3v) is 6.78. The van der Waals surface area contributed by atoms with Crippen LogP contribution < -0.4 is 10.1 Å². The topological polar surface area (TPSA) is 96.0 Å². The zero-order valence-corrected chi connectivity index (χ0v) is 18.0. The molecule has 1 N–H and O–H groups in total. The molecule has 2 amide bonds. The number of carbonyl (C=O) groups is 2. The van der Waals surface area contributed by atoms with E-state index in [1.807, 2.05) is 12.1 Å². The Hall–Kier alpha value is -2.91. The van der Waals surface area contributed by atoms with Crippen molar-refractivity contribution in [1.82, 2.24) is 9.21 Å². The molecule has 2 aromatic rings. The molecular weight excluding hydrogens is 406 g/mol. The van der Waals surface area contributed by atoms with E-state index in [-0.39, 0.29) is 22.5 Å². The summed E-state index contributed by atoms with van der Waals surface area (Å²) in [6.45, 7) is 1.29. The van der Waals surface area contributed by atoms with Crippen molar-refractivity contribution in [2.45, 2.75) is 24.3 Å². The maximum Gasteiger partial charge on any atom is 0.255 e. The van der Waals surface area contributed by atoms with Crippen molar-refractivity contribution in [3.05, 3.63) is 53.6 Å². The van der Waals surface area contributed by atoms with E-state index in [0.29, 0.717) is 24.2 Å². The van der Waals surface area contributed by atoms with Gasteiger partial charge in [0.15, 0.2) is 0 Å².